The van der Waals surface area contributed by atoms with Gasteiger partial charge in [-0.2, -0.15) is 0 Å². The van der Waals surface area contributed by atoms with Crippen LogP contribution in [0.1, 0.15) is 59.3 Å². The summed E-state index contributed by atoms with van der Waals surface area (Å²) in [6.45, 7) is 7.13. The van der Waals surface area contributed by atoms with Gasteiger partial charge in [0, 0.05) is 0 Å². The van der Waals surface area contributed by atoms with E-state index in [1.54, 1.807) is 0 Å². The largest absolute Gasteiger partial charge is 0.0651 e. The molecule has 1 unspecified atom stereocenters. The van der Waals surface area contributed by atoms with Crippen LogP contribution in [-0.4, -0.2) is 0 Å². The first kappa shape index (κ1) is 9.09. The summed E-state index contributed by atoms with van der Waals surface area (Å²) in [6, 6.07) is 0. The number of hydrogen-bond acceptors (Lipinski definition) is 0. The van der Waals surface area contributed by atoms with Crippen molar-refractivity contribution in [3.05, 3.63) is 0 Å². The summed E-state index contributed by atoms with van der Waals surface area (Å²) < 4.78 is 0. The quantitative estimate of drug-likeness (QED) is 0.574. The molecular weight excluding hydrogens is 132 g/mol. The molecule has 0 saturated heterocycles. The molecule has 0 N–H and O–H groups in total. The second kappa shape index (κ2) is 3.60. The Balaban J connectivity index is 2.11. The van der Waals surface area contributed by atoms with E-state index >= 15 is 0 Å². The van der Waals surface area contributed by atoms with Crippen LogP contribution in [0.3, 0.4) is 0 Å². The van der Waals surface area contributed by atoms with Gasteiger partial charge in [0.15, 0.2) is 0 Å². The third-order valence-corrected chi connectivity index (χ3v) is 3.50. The Morgan fingerprint density at radius 3 is 2.36 bits per heavy atom. The van der Waals surface area contributed by atoms with Gasteiger partial charge in [-0.05, 0) is 30.6 Å². The molecule has 11 heavy (non-hydrogen) atoms. The monoisotopic (exact) mass is 154 g/mol. The molecule has 1 fully saturated rings. The fourth-order valence-corrected chi connectivity index (χ4v) is 1.83. The first-order valence-corrected chi connectivity index (χ1v) is 5.16. The molecule has 0 heterocycles. The SMILES string of the molecule is CCC(C)CCC1(C)CCC1. The Kier molecular flexibility index (Phi) is 2.98. The van der Waals surface area contributed by atoms with Gasteiger partial charge in [-0.25, -0.2) is 0 Å². The average molecular weight is 154 g/mol. The molecule has 0 radical (unpaired) electrons. The van der Waals surface area contributed by atoms with E-state index in [4.69, 9.17) is 0 Å². The molecule has 0 bridgehead atoms. The molecule has 1 rings (SSSR count). The molecule has 1 aliphatic rings. The average Bonchev–Trinajstić information content (AvgIpc) is 1.96. The van der Waals surface area contributed by atoms with Gasteiger partial charge in [-0.15, -0.1) is 0 Å². The van der Waals surface area contributed by atoms with Gasteiger partial charge >= 0.3 is 0 Å². The fraction of sp³-hybridized carbons (Fsp3) is 1.00. The Bertz CT molecular complexity index is 111. The van der Waals surface area contributed by atoms with Crippen molar-refractivity contribution in [2.45, 2.75) is 59.3 Å². The van der Waals surface area contributed by atoms with E-state index in [1.165, 1.54) is 38.5 Å². The molecule has 0 amide bonds. The van der Waals surface area contributed by atoms with Gasteiger partial charge in [0.2, 0.25) is 0 Å². The Morgan fingerprint density at radius 1 is 1.36 bits per heavy atom. The predicted octanol–water partition coefficient (Wildman–Crippen LogP) is 4.00. The van der Waals surface area contributed by atoms with Gasteiger partial charge in [0.25, 0.3) is 0 Å². The minimum atomic E-state index is 0.753. The highest BCUT2D eigenvalue weighted by molar-refractivity contribution is 4.83. The third-order valence-electron chi connectivity index (χ3n) is 3.50. The molecular formula is C11H22. The third kappa shape index (κ3) is 2.50. The smallest absolute Gasteiger partial charge is 0.0326 e. The van der Waals surface area contributed by atoms with Crippen LogP contribution in [0.5, 0.6) is 0 Å². The zero-order chi connectivity index (χ0) is 8.32. The lowest BCUT2D eigenvalue weighted by atomic mass is 9.67. The van der Waals surface area contributed by atoms with Crippen LogP contribution < -0.4 is 0 Å². The van der Waals surface area contributed by atoms with Crippen LogP contribution in [0.4, 0.5) is 0 Å². The Hall–Kier alpha value is 0. The van der Waals surface area contributed by atoms with E-state index in [2.05, 4.69) is 20.8 Å². The first-order valence-electron chi connectivity index (χ1n) is 5.16. The van der Waals surface area contributed by atoms with Crippen LogP contribution in [0.25, 0.3) is 0 Å². The van der Waals surface area contributed by atoms with Gasteiger partial charge in [-0.3, -0.25) is 0 Å². The maximum atomic E-state index is 2.46. The van der Waals surface area contributed by atoms with E-state index in [0.29, 0.717) is 0 Å². The lowest BCUT2D eigenvalue weighted by Crippen LogP contribution is -2.25. The maximum Gasteiger partial charge on any atom is -0.0326 e. The van der Waals surface area contributed by atoms with Crippen molar-refractivity contribution in [1.29, 1.82) is 0 Å². The molecule has 0 aromatic carbocycles. The summed E-state index contributed by atoms with van der Waals surface area (Å²) in [5, 5.41) is 0. The standard InChI is InChI=1S/C11H22/c1-4-10(2)6-9-11(3)7-5-8-11/h10H,4-9H2,1-3H3. The molecule has 0 heteroatoms. The van der Waals surface area contributed by atoms with Gasteiger partial charge < -0.3 is 0 Å². The number of rotatable bonds is 4. The highest BCUT2D eigenvalue weighted by atomic mass is 14.4. The summed E-state index contributed by atoms with van der Waals surface area (Å²) in [6.07, 6.45) is 8.75. The van der Waals surface area contributed by atoms with Crippen LogP contribution in [-0.2, 0) is 0 Å². The molecule has 1 atom stereocenters. The van der Waals surface area contributed by atoms with Gasteiger partial charge in [-0.1, -0.05) is 40.0 Å². The van der Waals surface area contributed by atoms with Gasteiger partial charge in [0.1, 0.15) is 0 Å². The lowest BCUT2D eigenvalue weighted by Gasteiger charge is -2.39. The molecule has 66 valence electrons. The van der Waals surface area contributed by atoms with Crippen molar-refractivity contribution in [3.8, 4) is 0 Å². The molecule has 0 aromatic rings. The van der Waals surface area contributed by atoms with E-state index in [9.17, 15) is 0 Å². The van der Waals surface area contributed by atoms with Crippen LogP contribution in [0.2, 0.25) is 0 Å². The van der Waals surface area contributed by atoms with Crippen LogP contribution in [0.15, 0.2) is 0 Å². The summed E-state index contributed by atoms with van der Waals surface area (Å²) in [5.74, 6) is 0.951. The summed E-state index contributed by atoms with van der Waals surface area (Å²) in [7, 11) is 0. The first-order chi connectivity index (χ1) is 5.16. The Morgan fingerprint density at radius 2 is 2.00 bits per heavy atom. The normalized spacial score (nSPS) is 24.3. The summed E-state index contributed by atoms with van der Waals surface area (Å²) in [5.41, 5.74) is 0.753. The summed E-state index contributed by atoms with van der Waals surface area (Å²) >= 11 is 0. The lowest BCUT2D eigenvalue weighted by molar-refractivity contribution is 0.134. The van der Waals surface area contributed by atoms with Gasteiger partial charge in [0.05, 0.1) is 0 Å². The van der Waals surface area contributed by atoms with Crippen molar-refractivity contribution in [1.82, 2.24) is 0 Å². The van der Waals surface area contributed by atoms with E-state index in [1.807, 2.05) is 0 Å². The van der Waals surface area contributed by atoms with Crippen LogP contribution >= 0.6 is 0 Å². The van der Waals surface area contributed by atoms with Crippen molar-refractivity contribution < 1.29 is 0 Å². The zero-order valence-corrected chi connectivity index (χ0v) is 8.32. The second-order valence-electron chi connectivity index (χ2n) is 4.72. The van der Waals surface area contributed by atoms with Crippen molar-refractivity contribution in [3.63, 3.8) is 0 Å². The Labute approximate surface area is 71.4 Å². The minimum absolute atomic E-state index is 0.753. The predicted molar refractivity (Wildman–Crippen MR) is 50.6 cm³/mol. The second-order valence-corrected chi connectivity index (χ2v) is 4.72. The van der Waals surface area contributed by atoms with Crippen LogP contribution in [0, 0.1) is 11.3 Å². The molecule has 0 aromatic heterocycles. The van der Waals surface area contributed by atoms with Crippen molar-refractivity contribution in [2.75, 3.05) is 0 Å². The fourth-order valence-electron chi connectivity index (χ4n) is 1.83. The highest BCUT2D eigenvalue weighted by Gasteiger charge is 2.31. The van der Waals surface area contributed by atoms with Crippen molar-refractivity contribution >= 4 is 0 Å². The van der Waals surface area contributed by atoms with E-state index in [0.717, 1.165) is 11.3 Å². The van der Waals surface area contributed by atoms with E-state index < -0.39 is 0 Å². The minimum Gasteiger partial charge on any atom is -0.0651 e. The molecule has 1 aliphatic carbocycles. The molecule has 0 nitrogen and oxygen atoms in total. The summed E-state index contributed by atoms with van der Waals surface area (Å²) in [4.78, 5) is 0. The van der Waals surface area contributed by atoms with E-state index in [-0.39, 0.29) is 0 Å². The molecule has 0 aliphatic heterocycles. The topological polar surface area (TPSA) is 0 Å². The maximum absolute atomic E-state index is 2.46. The molecule has 0 spiro atoms. The highest BCUT2D eigenvalue weighted by Crippen LogP contribution is 2.44. The number of hydrogen-bond donors (Lipinski definition) is 0. The zero-order valence-electron chi connectivity index (χ0n) is 8.32. The van der Waals surface area contributed by atoms with Crippen molar-refractivity contribution in [2.24, 2.45) is 11.3 Å². The molecule has 1 saturated carbocycles.